The molecule has 10 aromatic rings. The Balaban J connectivity index is 1.21. The molecule has 0 aliphatic carbocycles. The van der Waals surface area contributed by atoms with Gasteiger partial charge >= 0.3 is 0 Å². The van der Waals surface area contributed by atoms with Gasteiger partial charge in [0, 0.05) is 27.5 Å². The van der Waals surface area contributed by atoms with Crippen molar-refractivity contribution in [1.82, 2.24) is 9.97 Å². The van der Waals surface area contributed by atoms with Gasteiger partial charge in [0.25, 0.3) is 0 Å². The molecule has 0 spiro atoms. The van der Waals surface area contributed by atoms with E-state index in [1.165, 1.54) is 10.8 Å². The van der Waals surface area contributed by atoms with Gasteiger partial charge in [0.05, 0.1) is 11.4 Å². The van der Waals surface area contributed by atoms with Crippen LogP contribution in [0.2, 0.25) is 0 Å². The highest BCUT2D eigenvalue weighted by atomic mass is 16.3. The minimum Gasteiger partial charge on any atom is -0.456 e. The molecule has 0 N–H and O–H groups in total. The Labute approximate surface area is 307 Å². The Morgan fingerprint density at radius 1 is 0.321 bits per heavy atom. The molecule has 53 heavy (non-hydrogen) atoms. The maximum atomic E-state index is 6.32. The first-order valence-corrected chi connectivity index (χ1v) is 17.9. The summed E-state index contributed by atoms with van der Waals surface area (Å²) in [6.45, 7) is 0. The first-order valence-electron chi connectivity index (χ1n) is 17.9. The molecule has 0 saturated heterocycles. The lowest BCUT2D eigenvalue weighted by Crippen LogP contribution is -1.97. The van der Waals surface area contributed by atoms with Gasteiger partial charge in [-0.15, -0.1) is 0 Å². The Hall–Kier alpha value is -7.10. The Morgan fingerprint density at radius 3 is 1.79 bits per heavy atom. The molecule has 10 rings (SSSR count). The molecule has 3 heteroatoms. The third-order valence-electron chi connectivity index (χ3n) is 10.1. The summed E-state index contributed by atoms with van der Waals surface area (Å²) in [7, 11) is 0. The van der Waals surface area contributed by atoms with E-state index >= 15 is 0 Å². The Morgan fingerprint density at radius 2 is 0.943 bits per heavy atom. The monoisotopic (exact) mass is 676 g/mol. The van der Waals surface area contributed by atoms with Crippen LogP contribution < -0.4 is 0 Å². The normalized spacial score (nSPS) is 11.4. The van der Waals surface area contributed by atoms with Gasteiger partial charge in [0.15, 0.2) is 5.82 Å². The second-order valence-electron chi connectivity index (χ2n) is 13.4. The van der Waals surface area contributed by atoms with Crippen LogP contribution in [-0.2, 0) is 0 Å². The van der Waals surface area contributed by atoms with Gasteiger partial charge in [0.1, 0.15) is 11.2 Å². The van der Waals surface area contributed by atoms with Gasteiger partial charge in [-0.2, -0.15) is 0 Å². The molecule has 0 bridgehead atoms. The SMILES string of the molecule is c1ccc(-c2cc(-c3cc(-c4ccccc4-c4ccc5ccccc5c4)nc(-c4ccccc4)n3)cc(-c3cccc4oc5ccccc5c34)c2)cc1. The number of hydrogen-bond acceptors (Lipinski definition) is 3. The van der Waals surface area contributed by atoms with Gasteiger partial charge in [-0.05, 0) is 86.6 Å². The largest absolute Gasteiger partial charge is 0.456 e. The highest BCUT2D eigenvalue weighted by molar-refractivity contribution is 6.12. The number of para-hydroxylation sites is 1. The van der Waals surface area contributed by atoms with E-state index in [1.54, 1.807) is 0 Å². The standard InChI is InChI=1S/C50H32N2O/c1-3-14-33(15-4-1)38-29-39(42-23-13-25-48-49(42)44-22-11-12-24-47(44)53-48)31-40(30-38)45-32-46(52-50(51-45)35-17-5-2-6-18-35)43-21-10-9-20-41(43)37-27-26-34-16-7-8-19-36(34)28-37/h1-32H. The van der Waals surface area contributed by atoms with Gasteiger partial charge in [-0.3, -0.25) is 0 Å². The van der Waals surface area contributed by atoms with Crippen LogP contribution in [-0.4, -0.2) is 9.97 Å². The number of fused-ring (bicyclic) bond motifs is 4. The number of hydrogen-bond donors (Lipinski definition) is 0. The highest BCUT2D eigenvalue weighted by Gasteiger charge is 2.18. The zero-order valence-electron chi connectivity index (χ0n) is 28.8. The van der Waals surface area contributed by atoms with E-state index in [9.17, 15) is 0 Å². The molecule has 0 radical (unpaired) electrons. The lowest BCUT2D eigenvalue weighted by Gasteiger charge is -2.15. The third kappa shape index (κ3) is 5.65. The molecule has 0 atom stereocenters. The Bertz CT molecular complexity index is 2950. The van der Waals surface area contributed by atoms with Gasteiger partial charge in [0.2, 0.25) is 0 Å². The summed E-state index contributed by atoms with van der Waals surface area (Å²) in [6.07, 6.45) is 0. The van der Waals surface area contributed by atoms with Crippen LogP contribution in [0, 0.1) is 0 Å². The smallest absolute Gasteiger partial charge is 0.160 e. The van der Waals surface area contributed by atoms with Crippen molar-refractivity contribution in [3.63, 3.8) is 0 Å². The van der Waals surface area contributed by atoms with E-state index in [4.69, 9.17) is 14.4 Å². The average molecular weight is 677 g/mol. The minimum atomic E-state index is 0.681. The molecule has 2 heterocycles. The molecule has 8 aromatic carbocycles. The van der Waals surface area contributed by atoms with Crippen LogP contribution in [0.4, 0.5) is 0 Å². The number of aromatic nitrogens is 2. The minimum absolute atomic E-state index is 0.681. The predicted molar refractivity (Wildman–Crippen MR) is 219 cm³/mol. The van der Waals surface area contributed by atoms with Crippen molar-refractivity contribution in [3.05, 3.63) is 194 Å². The maximum Gasteiger partial charge on any atom is 0.160 e. The lowest BCUT2D eigenvalue weighted by atomic mass is 9.92. The van der Waals surface area contributed by atoms with Gasteiger partial charge in [-0.25, -0.2) is 9.97 Å². The second-order valence-corrected chi connectivity index (χ2v) is 13.4. The number of benzene rings is 8. The molecule has 0 unspecified atom stereocenters. The molecular formula is C50H32N2O. The van der Waals surface area contributed by atoms with Crippen LogP contribution in [0.1, 0.15) is 0 Å². The van der Waals surface area contributed by atoms with Crippen molar-refractivity contribution in [2.75, 3.05) is 0 Å². The summed E-state index contributed by atoms with van der Waals surface area (Å²) in [5.74, 6) is 0.681. The quantitative estimate of drug-likeness (QED) is 0.176. The molecule has 0 aliphatic heterocycles. The van der Waals surface area contributed by atoms with Crippen molar-refractivity contribution in [2.24, 2.45) is 0 Å². The molecule has 0 amide bonds. The maximum absolute atomic E-state index is 6.32. The van der Waals surface area contributed by atoms with Crippen LogP contribution in [0.3, 0.4) is 0 Å². The summed E-state index contributed by atoms with van der Waals surface area (Å²) >= 11 is 0. The first-order chi connectivity index (χ1) is 26.2. The van der Waals surface area contributed by atoms with Crippen molar-refractivity contribution < 1.29 is 4.42 Å². The van der Waals surface area contributed by atoms with E-state index < -0.39 is 0 Å². The van der Waals surface area contributed by atoms with Crippen molar-refractivity contribution in [1.29, 1.82) is 0 Å². The summed E-state index contributed by atoms with van der Waals surface area (Å²) in [5, 5.41) is 4.64. The summed E-state index contributed by atoms with van der Waals surface area (Å²) < 4.78 is 6.32. The number of furan rings is 1. The van der Waals surface area contributed by atoms with Crippen LogP contribution >= 0.6 is 0 Å². The van der Waals surface area contributed by atoms with Crippen LogP contribution in [0.5, 0.6) is 0 Å². The Kier molecular flexibility index (Phi) is 7.47. The van der Waals surface area contributed by atoms with E-state index in [-0.39, 0.29) is 0 Å². The number of rotatable bonds is 6. The molecule has 0 fully saturated rings. The van der Waals surface area contributed by atoms with E-state index in [0.29, 0.717) is 5.82 Å². The van der Waals surface area contributed by atoms with Crippen molar-refractivity contribution in [3.8, 4) is 67.3 Å². The summed E-state index contributed by atoms with van der Waals surface area (Å²) in [6, 6.07) is 68.1. The molecule has 0 aliphatic rings. The van der Waals surface area contributed by atoms with E-state index in [2.05, 4.69) is 164 Å². The second kappa shape index (κ2) is 12.9. The van der Waals surface area contributed by atoms with E-state index in [0.717, 1.165) is 83.4 Å². The van der Waals surface area contributed by atoms with Gasteiger partial charge < -0.3 is 4.42 Å². The summed E-state index contributed by atoms with van der Waals surface area (Å²) in [5.41, 5.74) is 13.2. The highest BCUT2D eigenvalue weighted by Crippen LogP contribution is 2.41. The van der Waals surface area contributed by atoms with E-state index in [1.807, 2.05) is 30.3 Å². The predicted octanol–water partition coefficient (Wildman–Crippen LogP) is 13.5. The molecular weight excluding hydrogens is 645 g/mol. The number of nitrogens with zero attached hydrogens (tertiary/aromatic N) is 2. The third-order valence-corrected chi connectivity index (χ3v) is 10.1. The first kappa shape index (κ1) is 30.7. The molecule has 248 valence electrons. The fraction of sp³-hybridized carbons (Fsp3) is 0. The average Bonchev–Trinajstić information content (AvgIpc) is 3.63. The zero-order chi connectivity index (χ0) is 35.1. The fourth-order valence-corrected chi connectivity index (χ4v) is 7.51. The zero-order valence-corrected chi connectivity index (χ0v) is 28.8. The molecule has 3 nitrogen and oxygen atoms in total. The fourth-order valence-electron chi connectivity index (χ4n) is 7.51. The lowest BCUT2D eigenvalue weighted by molar-refractivity contribution is 0.669. The van der Waals surface area contributed by atoms with Crippen molar-refractivity contribution in [2.45, 2.75) is 0 Å². The van der Waals surface area contributed by atoms with Gasteiger partial charge in [-0.1, -0.05) is 152 Å². The molecule has 2 aromatic heterocycles. The van der Waals surface area contributed by atoms with Crippen LogP contribution in [0.15, 0.2) is 199 Å². The van der Waals surface area contributed by atoms with Crippen LogP contribution in [0.25, 0.3) is 100.0 Å². The molecule has 0 saturated carbocycles. The topological polar surface area (TPSA) is 38.9 Å². The summed E-state index contributed by atoms with van der Waals surface area (Å²) in [4.78, 5) is 10.5. The van der Waals surface area contributed by atoms with Crippen molar-refractivity contribution >= 4 is 32.7 Å².